The van der Waals surface area contributed by atoms with E-state index in [1.807, 2.05) is 0 Å². The van der Waals surface area contributed by atoms with Crippen molar-refractivity contribution < 1.29 is 9.59 Å². The highest BCUT2D eigenvalue weighted by atomic mass is 35.5. The van der Waals surface area contributed by atoms with E-state index in [4.69, 9.17) is 23.2 Å². The van der Waals surface area contributed by atoms with E-state index in [0.717, 1.165) is 0 Å². The number of carbonyl (C=O) groups is 2. The first kappa shape index (κ1) is 13.0. The molecule has 1 aromatic rings. The van der Waals surface area contributed by atoms with Crippen molar-refractivity contribution in [3.63, 3.8) is 0 Å². The Morgan fingerprint density at radius 3 is 2.33 bits per heavy atom. The van der Waals surface area contributed by atoms with Crippen LogP contribution in [0.4, 0.5) is 0 Å². The summed E-state index contributed by atoms with van der Waals surface area (Å²) in [5.74, 6) is -1.14. The van der Waals surface area contributed by atoms with Crippen LogP contribution in [0, 0.1) is 0 Å². The van der Waals surface area contributed by atoms with E-state index in [-0.39, 0.29) is 15.7 Å². The van der Waals surface area contributed by atoms with E-state index < -0.39 is 11.8 Å². The third-order valence-electron chi connectivity index (χ3n) is 2.22. The maximum absolute atomic E-state index is 11.6. The van der Waals surface area contributed by atoms with Crippen LogP contribution in [0.2, 0.25) is 10.0 Å². The number of benzene rings is 1. The maximum atomic E-state index is 11.6. The van der Waals surface area contributed by atoms with Crippen molar-refractivity contribution in [2.45, 2.75) is 0 Å². The van der Waals surface area contributed by atoms with Gasteiger partial charge in [-0.15, -0.1) is 0 Å². The quantitative estimate of drug-likeness (QED) is 0.473. The molecule has 0 aliphatic carbocycles. The molecule has 0 bridgehead atoms. The van der Waals surface area contributed by atoms with E-state index in [1.54, 1.807) is 18.2 Å². The predicted molar refractivity (Wildman–Crippen MR) is 73.3 cm³/mol. The highest BCUT2D eigenvalue weighted by molar-refractivity contribution is 7.80. The van der Waals surface area contributed by atoms with Crippen molar-refractivity contribution in [2.24, 2.45) is 0 Å². The summed E-state index contributed by atoms with van der Waals surface area (Å²) in [4.78, 5) is 23.2. The van der Waals surface area contributed by atoms with Gasteiger partial charge in [0.15, 0.2) is 5.11 Å². The molecule has 2 N–H and O–H groups in total. The molecule has 2 amide bonds. The molecule has 1 aliphatic heterocycles. The van der Waals surface area contributed by atoms with Gasteiger partial charge in [0, 0.05) is 0 Å². The van der Waals surface area contributed by atoms with Crippen LogP contribution >= 0.6 is 35.4 Å². The van der Waals surface area contributed by atoms with Gasteiger partial charge in [0.25, 0.3) is 11.8 Å². The van der Waals surface area contributed by atoms with Crippen LogP contribution in [0.5, 0.6) is 0 Å². The molecular formula is C11H6Cl2N2O2S. The third kappa shape index (κ3) is 2.53. The fourth-order valence-corrected chi connectivity index (χ4v) is 1.94. The molecule has 92 valence electrons. The molecule has 0 aromatic heterocycles. The SMILES string of the molecule is O=C1NC(=S)NC(=O)C1=Cc1cccc(Cl)c1Cl. The molecule has 0 saturated carbocycles. The highest BCUT2D eigenvalue weighted by Crippen LogP contribution is 2.27. The molecule has 0 unspecified atom stereocenters. The van der Waals surface area contributed by atoms with Crippen LogP contribution in [0.3, 0.4) is 0 Å². The number of hydrogen-bond acceptors (Lipinski definition) is 3. The normalized spacial score (nSPS) is 15.2. The summed E-state index contributed by atoms with van der Waals surface area (Å²) >= 11 is 16.5. The topological polar surface area (TPSA) is 58.2 Å². The molecule has 1 heterocycles. The molecule has 1 aromatic carbocycles. The largest absolute Gasteiger partial charge is 0.299 e. The van der Waals surface area contributed by atoms with Crippen molar-refractivity contribution in [1.29, 1.82) is 0 Å². The Balaban J connectivity index is 2.44. The Labute approximate surface area is 118 Å². The second-order valence-corrected chi connectivity index (χ2v) is 4.63. The zero-order valence-electron chi connectivity index (χ0n) is 8.79. The van der Waals surface area contributed by atoms with Gasteiger partial charge in [0.05, 0.1) is 10.0 Å². The van der Waals surface area contributed by atoms with Gasteiger partial charge in [-0.25, -0.2) is 0 Å². The first-order valence-corrected chi connectivity index (χ1v) is 5.98. The Kier molecular flexibility index (Phi) is 3.65. The Morgan fingerprint density at radius 2 is 1.72 bits per heavy atom. The first-order chi connectivity index (χ1) is 8.49. The Morgan fingerprint density at radius 1 is 1.11 bits per heavy atom. The summed E-state index contributed by atoms with van der Waals surface area (Å²) in [5, 5.41) is 5.27. The van der Waals surface area contributed by atoms with Gasteiger partial charge < -0.3 is 0 Å². The zero-order chi connectivity index (χ0) is 13.3. The number of halogens is 2. The molecule has 0 atom stereocenters. The van der Waals surface area contributed by atoms with Gasteiger partial charge >= 0.3 is 0 Å². The molecule has 18 heavy (non-hydrogen) atoms. The summed E-state index contributed by atoms with van der Waals surface area (Å²) in [6.07, 6.45) is 1.36. The molecule has 1 fully saturated rings. The second-order valence-electron chi connectivity index (χ2n) is 3.44. The van der Waals surface area contributed by atoms with Crippen molar-refractivity contribution in [3.8, 4) is 0 Å². The summed E-state index contributed by atoms with van der Waals surface area (Å²) in [5.41, 5.74) is 0.407. The van der Waals surface area contributed by atoms with E-state index in [9.17, 15) is 9.59 Å². The van der Waals surface area contributed by atoms with Crippen molar-refractivity contribution in [1.82, 2.24) is 10.6 Å². The maximum Gasteiger partial charge on any atom is 0.263 e. The van der Waals surface area contributed by atoms with Gasteiger partial charge in [0.1, 0.15) is 5.57 Å². The number of thiocarbonyl (C=S) groups is 1. The van der Waals surface area contributed by atoms with E-state index in [1.165, 1.54) is 6.08 Å². The number of nitrogens with one attached hydrogen (secondary N) is 2. The summed E-state index contributed by atoms with van der Waals surface area (Å²) < 4.78 is 0. The molecule has 1 aliphatic rings. The van der Waals surface area contributed by atoms with Gasteiger partial charge in [0.2, 0.25) is 0 Å². The summed E-state index contributed by atoms with van der Waals surface area (Å²) in [6.45, 7) is 0. The van der Waals surface area contributed by atoms with Gasteiger partial charge in [-0.3, -0.25) is 20.2 Å². The minimum Gasteiger partial charge on any atom is -0.299 e. The van der Waals surface area contributed by atoms with Crippen LogP contribution in [0.1, 0.15) is 5.56 Å². The minimum absolute atomic E-state index is 0.0145. The van der Waals surface area contributed by atoms with Crippen molar-refractivity contribution in [3.05, 3.63) is 39.4 Å². The standard InChI is InChI=1S/C11H6Cl2N2O2S/c12-7-3-1-2-5(8(7)13)4-6-9(16)14-11(18)15-10(6)17/h1-4H,(H2,14,15,16,17,18). The van der Waals surface area contributed by atoms with Crippen LogP contribution in [-0.2, 0) is 9.59 Å². The van der Waals surface area contributed by atoms with E-state index in [2.05, 4.69) is 22.9 Å². The second kappa shape index (κ2) is 5.06. The molecular weight excluding hydrogens is 295 g/mol. The molecule has 0 spiro atoms. The van der Waals surface area contributed by atoms with Gasteiger partial charge in [-0.1, -0.05) is 35.3 Å². The summed E-state index contributed by atoms with van der Waals surface area (Å²) in [6, 6.07) is 4.93. The lowest BCUT2D eigenvalue weighted by Gasteiger charge is -2.16. The fourth-order valence-electron chi connectivity index (χ4n) is 1.39. The lowest BCUT2D eigenvalue weighted by Crippen LogP contribution is -2.51. The van der Waals surface area contributed by atoms with Crippen LogP contribution < -0.4 is 10.6 Å². The number of rotatable bonds is 1. The summed E-state index contributed by atoms with van der Waals surface area (Å²) in [7, 11) is 0. The zero-order valence-corrected chi connectivity index (χ0v) is 11.1. The lowest BCUT2D eigenvalue weighted by molar-refractivity contribution is -0.123. The number of carbonyl (C=O) groups excluding carboxylic acids is 2. The molecule has 0 radical (unpaired) electrons. The van der Waals surface area contributed by atoms with Gasteiger partial charge in [-0.2, -0.15) is 0 Å². The number of amides is 2. The average Bonchev–Trinajstić information content (AvgIpc) is 2.28. The lowest BCUT2D eigenvalue weighted by atomic mass is 10.1. The van der Waals surface area contributed by atoms with Crippen LogP contribution in [-0.4, -0.2) is 16.9 Å². The Hall–Kier alpha value is -1.43. The van der Waals surface area contributed by atoms with Crippen LogP contribution in [0.25, 0.3) is 6.08 Å². The first-order valence-electron chi connectivity index (χ1n) is 4.81. The number of hydrogen-bond donors (Lipinski definition) is 2. The van der Waals surface area contributed by atoms with Gasteiger partial charge in [-0.05, 0) is 29.9 Å². The van der Waals surface area contributed by atoms with Crippen molar-refractivity contribution >= 4 is 58.4 Å². The minimum atomic E-state index is -0.570. The van der Waals surface area contributed by atoms with Crippen molar-refractivity contribution in [2.75, 3.05) is 0 Å². The smallest absolute Gasteiger partial charge is 0.263 e. The average molecular weight is 301 g/mol. The third-order valence-corrected chi connectivity index (χ3v) is 3.26. The molecule has 1 saturated heterocycles. The monoisotopic (exact) mass is 300 g/mol. The molecule has 4 nitrogen and oxygen atoms in total. The van der Waals surface area contributed by atoms with E-state index in [0.29, 0.717) is 10.6 Å². The molecule has 7 heteroatoms. The van der Waals surface area contributed by atoms with Crippen LogP contribution in [0.15, 0.2) is 23.8 Å². The van der Waals surface area contributed by atoms with E-state index >= 15 is 0 Å². The highest BCUT2D eigenvalue weighted by Gasteiger charge is 2.25. The fraction of sp³-hybridized carbons (Fsp3) is 0. The predicted octanol–water partition coefficient (Wildman–Crippen LogP) is 1.91. The Bertz CT molecular complexity index is 577. The molecule has 2 rings (SSSR count).